The number of rotatable bonds is 3. The molecule has 0 saturated carbocycles. The predicted octanol–water partition coefficient (Wildman–Crippen LogP) is 2.62. The molecule has 0 aromatic heterocycles. The van der Waals surface area contributed by atoms with E-state index in [9.17, 15) is 9.79 Å². The van der Waals surface area contributed by atoms with E-state index in [1.807, 2.05) is 41.5 Å². The topological polar surface area (TPSA) is 58.9 Å². The molecule has 0 aliphatic carbocycles. The summed E-state index contributed by atoms with van der Waals surface area (Å²) in [6.45, 7) is 11.7. The van der Waals surface area contributed by atoms with Crippen molar-refractivity contribution in [3.63, 3.8) is 0 Å². The lowest BCUT2D eigenvalue weighted by atomic mass is 10.2. The van der Waals surface area contributed by atoms with Crippen LogP contribution in [-0.4, -0.2) is 27.4 Å². The molecule has 0 aromatic rings. The Hall–Kier alpha value is 0.140. The lowest BCUT2D eigenvalue weighted by Crippen LogP contribution is -2.41. The molecular formula is C12H25O4P. The third kappa shape index (κ3) is 3.12. The SMILES string of the molecule is CC(C)C1=P(O)(O)C(C(C)C)OC(C(C)C)O1. The molecule has 1 rings (SSSR count). The number of hydrogen-bond acceptors (Lipinski definition) is 4. The minimum atomic E-state index is -3.27. The van der Waals surface area contributed by atoms with Gasteiger partial charge >= 0.3 is 0 Å². The minimum absolute atomic E-state index is 0.00951. The van der Waals surface area contributed by atoms with Gasteiger partial charge in [0.25, 0.3) is 0 Å². The Kier molecular flexibility index (Phi) is 4.84. The van der Waals surface area contributed by atoms with Crippen LogP contribution in [0.4, 0.5) is 0 Å². The first-order valence-electron chi connectivity index (χ1n) is 6.21. The predicted molar refractivity (Wildman–Crippen MR) is 70.6 cm³/mol. The third-order valence-electron chi connectivity index (χ3n) is 2.80. The first-order chi connectivity index (χ1) is 7.67. The van der Waals surface area contributed by atoms with E-state index in [1.54, 1.807) is 0 Å². The molecule has 0 saturated heterocycles. The van der Waals surface area contributed by atoms with Crippen molar-refractivity contribution in [2.75, 3.05) is 0 Å². The van der Waals surface area contributed by atoms with Gasteiger partial charge in [0.05, 0.1) is 0 Å². The Labute approximate surface area is 104 Å². The van der Waals surface area contributed by atoms with Gasteiger partial charge in [-0.2, -0.15) is 0 Å². The second-order valence-electron chi connectivity index (χ2n) is 5.64. The molecule has 4 nitrogen and oxygen atoms in total. The molecule has 0 amide bonds. The van der Waals surface area contributed by atoms with E-state index in [-0.39, 0.29) is 24.0 Å². The smallest absolute Gasteiger partial charge is 0.174 e. The zero-order chi connectivity index (χ0) is 13.4. The fourth-order valence-electron chi connectivity index (χ4n) is 1.95. The van der Waals surface area contributed by atoms with Crippen LogP contribution in [0, 0.1) is 17.8 Å². The van der Waals surface area contributed by atoms with E-state index in [4.69, 9.17) is 9.47 Å². The molecule has 2 unspecified atom stereocenters. The molecule has 0 bridgehead atoms. The number of ether oxygens (including phenoxy) is 2. The van der Waals surface area contributed by atoms with Gasteiger partial charge in [0, 0.05) is 11.8 Å². The van der Waals surface area contributed by atoms with Crippen molar-refractivity contribution in [2.45, 2.75) is 53.7 Å². The Morgan fingerprint density at radius 3 is 1.88 bits per heavy atom. The summed E-state index contributed by atoms with van der Waals surface area (Å²) in [7, 11) is -3.27. The van der Waals surface area contributed by atoms with Gasteiger partial charge in [-0.05, 0) is 5.92 Å². The van der Waals surface area contributed by atoms with Crippen molar-refractivity contribution < 1.29 is 19.3 Å². The van der Waals surface area contributed by atoms with Crippen molar-refractivity contribution in [2.24, 2.45) is 17.8 Å². The molecule has 0 fully saturated rings. The molecule has 102 valence electrons. The third-order valence-corrected chi connectivity index (χ3v) is 5.50. The molecule has 2 atom stereocenters. The highest BCUT2D eigenvalue weighted by Crippen LogP contribution is 2.54. The highest BCUT2D eigenvalue weighted by Gasteiger charge is 2.42. The van der Waals surface area contributed by atoms with E-state index in [1.165, 1.54) is 0 Å². The van der Waals surface area contributed by atoms with Crippen LogP contribution in [0.5, 0.6) is 0 Å². The maximum atomic E-state index is 10.3. The summed E-state index contributed by atoms with van der Waals surface area (Å²) in [6, 6.07) is 0. The molecular weight excluding hydrogens is 239 g/mol. The van der Waals surface area contributed by atoms with Crippen LogP contribution in [0.25, 0.3) is 0 Å². The van der Waals surface area contributed by atoms with Crippen LogP contribution < -0.4 is 0 Å². The van der Waals surface area contributed by atoms with Gasteiger partial charge in [0.1, 0.15) is 11.3 Å². The fourth-order valence-corrected chi connectivity index (χ4v) is 4.35. The summed E-state index contributed by atoms with van der Waals surface area (Å²) in [5, 5.41) is 0. The molecule has 1 aliphatic rings. The van der Waals surface area contributed by atoms with Crippen molar-refractivity contribution in [3.05, 3.63) is 0 Å². The fraction of sp³-hybridized carbons (Fsp3) is 0.917. The van der Waals surface area contributed by atoms with Gasteiger partial charge in [0.2, 0.25) is 0 Å². The molecule has 1 heterocycles. The first kappa shape index (κ1) is 15.2. The molecule has 2 N–H and O–H groups in total. The van der Waals surface area contributed by atoms with Gasteiger partial charge < -0.3 is 19.3 Å². The van der Waals surface area contributed by atoms with E-state index in [0.717, 1.165) is 0 Å². The normalized spacial score (nSPS) is 29.5. The van der Waals surface area contributed by atoms with Crippen molar-refractivity contribution in [1.82, 2.24) is 0 Å². The lowest BCUT2D eigenvalue weighted by Gasteiger charge is -2.41. The summed E-state index contributed by atoms with van der Waals surface area (Å²) in [6.07, 6.45) is -0.382. The zero-order valence-electron chi connectivity index (χ0n) is 11.5. The summed E-state index contributed by atoms with van der Waals surface area (Å²) in [5.41, 5.74) is 0.418. The zero-order valence-corrected chi connectivity index (χ0v) is 12.4. The quantitative estimate of drug-likeness (QED) is 0.769. The minimum Gasteiger partial charge on any atom is -0.350 e. The molecule has 17 heavy (non-hydrogen) atoms. The Morgan fingerprint density at radius 2 is 1.53 bits per heavy atom. The van der Waals surface area contributed by atoms with E-state index >= 15 is 0 Å². The van der Waals surface area contributed by atoms with Gasteiger partial charge in [-0.1, -0.05) is 41.5 Å². The number of hydrogen-bond donors (Lipinski definition) is 2. The van der Waals surface area contributed by atoms with Crippen LogP contribution in [0.1, 0.15) is 41.5 Å². The average Bonchev–Trinajstić information content (AvgIpc) is 2.14. The summed E-state index contributed by atoms with van der Waals surface area (Å²) >= 11 is 0. The Morgan fingerprint density at radius 1 is 1.00 bits per heavy atom. The van der Waals surface area contributed by atoms with Gasteiger partial charge in [-0.25, -0.2) is 0 Å². The summed E-state index contributed by atoms with van der Waals surface area (Å²) in [5.74, 6) is -0.312. The standard InChI is InChI=1S/C12H25O4P/c1-7(2)10-15-11(8(3)4)17(13,14)12(16-10)9(5)6/h7-11,13-14H,1-6H3. The van der Waals surface area contributed by atoms with Gasteiger partial charge in [0.15, 0.2) is 13.6 Å². The van der Waals surface area contributed by atoms with Crippen LogP contribution in [0.3, 0.4) is 0 Å². The van der Waals surface area contributed by atoms with Crippen LogP contribution >= 0.6 is 7.34 Å². The monoisotopic (exact) mass is 264 g/mol. The molecule has 1 aliphatic heterocycles. The summed E-state index contributed by atoms with van der Waals surface area (Å²) < 4.78 is 11.4. The average molecular weight is 264 g/mol. The largest absolute Gasteiger partial charge is 0.350 e. The van der Waals surface area contributed by atoms with Crippen molar-refractivity contribution in [1.29, 1.82) is 0 Å². The molecule has 0 radical (unpaired) electrons. The first-order valence-corrected chi connectivity index (χ1v) is 7.98. The van der Waals surface area contributed by atoms with Gasteiger partial charge in [-0.15, -0.1) is 0 Å². The van der Waals surface area contributed by atoms with E-state index in [0.29, 0.717) is 5.48 Å². The summed E-state index contributed by atoms with van der Waals surface area (Å²) in [4.78, 5) is 20.6. The second-order valence-corrected chi connectivity index (χ2v) is 7.89. The lowest BCUT2D eigenvalue weighted by molar-refractivity contribution is -0.149. The van der Waals surface area contributed by atoms with Crippen LogP contribution in [0.15, 0.2) is 0 Å². The molecule has 0 aromatic carbocycles. The van der Waals surface area contributed by atoms with Crippen LogP contribution in [0.2, 0.25) is 0 Å². The Balaban J connectivity index is 3.18. The maximum Gasteiger partial charge on any atom is 0.174 e. The molecule has 5 heteroatoms. The van der Waals surface area contributed by atoms with E-state index < -0.39 is 13.2 Å². The van der Waals surface area contributed by atoms with Crippen LogP contribution in [-0.2, 0) is 9.47 Å². The molecule has 0 spiro atoms. The highest BCUT2D eigenvalue weighted by atomic mass is 31.2. The van der Waals surface area contributed by atoms with Crippen molar-refractivity contribution >= 4 is 12.8 Å². The highest BCUT2D eigenvalue weighted by molar-refractivity contribution is 7.65. The maximum absolute atomic E-state index is 10.3. The van der Waals surface area contributed by atoms with Gasteiger partial charge in [-0.3, -0.25) is 0 Å². The van der Waals surface area contributed by atoms with Crippen molar-refractivity contribution in [3.8, 4) is 0 Å². The van der Waals surface area contributed by atoms with E-state index in [2.05, 4.69) is 0 Å². The Bertz CT molecular complexity index is 316. The second kappa shape index (κ2) is 5.41.